The van der Waals surface area contributed by atoms with E-state index in [1.165, 1.54) is 17.2 Å². The van der Waals surface area contributed by atoms with E-state index in [1.54, 1.807) is 0 Å². The second-order valence-corrected chi connectivity index (χ2v) is 6.53. The summed E-state index contributed by atoms with van der Waals surface area (Å²) in [5, 5.41) is 9.46. The molecule has 0 amide bonds. The molecule has 3 heterocycles. The van der Waals surface area contributed by atoms with Crippen LogP contribution in [0.4, 0.5) is 5.82 Å². The molecule has 1 fully saturated rings. The number of phosphoric ester groups is 1. The monoisotopic (exact) mass is 399 g/mol. The molecule has 0 saturated carbocycles. The molecule has 142 valence electrons. The molecule has 0 spiro atoms. The van der Waals surface area contributed by atoms with E-state index < -0.39 is 31.8 Å². The van der Waals surface area contributed by atoms with E-state index in [0.717, 1.165) is 0 Å². The molecule has 3 rings (SSSR count). The molecule has 13 nitrogen and oxygen atoms in total. The lowest BCUT2D eigenvalue weighted by Crippen LogP contribution is -2.22. The highest BCUT2D eigenvalue weighted by Gasteiger charge is 2.43. The average Bonchev–Trinajstić information content (AvgIpc) is 3.01. The minimum Gasteiger partial charge on any atom is -0.382 e. The standard InChI is InChI=1S/C10H13ClN5O6P.2H3N/c11-7(17)4-1-5(22-23(18,19)20)10(21-4)16-3-15-6-8(12)13-2-14-9(6)16;;/h2-5,7,10,17H,1H2,(H2,12,13,14)(H2,18,19,20);2*1H3/t4-,5+,7?,10+;;/m0../s1. The van der Waals surface area contributed by atoms with Crippen molar-refractivity contribution in [3.05, 3.63) is 12.7 Å². The molecular formula is C10H19ClN7O6P. The topological polar surface area (TPSA) is 236 Å². The van der Waals surface area contributed by atoms with Gasteiger partial charge in [-0.05, 0) is 0 Å². The number of aliphatic hydroxyl groups excluding tert-OH is 1. The first kappa shape index (κ1) is 21.6. The van der Waals surface area contributed by atoms with Gasteiger partial charge in [-0.2, -0.15) is 0 Å². The Morgan fingerprint density at radius 2 is 2.08 bits per heavy atom. The number of anilines is 1. The van der Waals surface area contributed by atoms with Crippen LogP contribution < -0.4 is 18.0 Å². The number of halogens is 1. The molecule has 2 aromatic rings. The molecule has 0 aromatic carbocycles. The van der Waals surface area contributed by atoms with Gasteiger partial charge in [0.15, 0.2) is 23.3 Å². The minimum absolute atomic E-state index is 0. The van der Waals surface area contributed by atoms with Gasteiger partial charge >= 0.3 is 7.82 Å². The number of phosphoric acid groups is 1. The number of nitrogens with two attached hydrogens (primary N) is 1. The van der Waals surface area contributed by atoms with Crippen LogP contribution in [0.3, 0.4) is 0 Å². The summed E-state index contributed by atoms with van der Waals surface area (Å²) >= 11 is 5.60. The molecule has 4 atom stereocenters. The van der Waals surface area contributed by atoms with Crippen molar-refractivity contribution < 1.29 is 28.7 Å². The summed E-state index contributed by atoms with van der Waals surface area (Å²) in [6, 6.07) is 0. The van der Waals surface area contributed by atoms with E-state index in [2.05, 4.69) is 15.0 Å². The predicted molar refractivity (Wildman–Crippen MR) is 87.1 cm³/mol. The minimum atomic E-state index is -4.78. The average molecular weight is 400 g/mol. The summed E-state index contributed by atoms with van der Waals surface area (Å²) in [5.41, 5.74) is 4.94. The second kappa shape index (κ2) is 7.86. The van der Waals surface area contributed by atoms with Crippen LogP contribution in [0.1, 0.15) is 12.6 Å². The maximum atomic E-state index is 11.1. The largest absolute Gasteiger partial charge is 0.470 e. The van der Waals surface area contributed by atoms with E-state index in [4.69, 9.17) is 36.4 Å². The Hall–Kier alpha value is -1.41. The fraction of sp³-hybridized carbons (Fsp3) is 0.500. The SMILES string of the molecule is N.N.Nc1ncnc2c1ncn2[C@@H]1O[C@H](C(O)Cl)C[C@H]1OP(=O)(O)O. The summed E-state index contributed by atoms with van der Waals surface area (Å²) in [5.74, 6) is 0.146. The third-order valence-corrected chi connectivity index (χ3v) is 4.16. The molecule has 1 aliphatic rings. The van der Waals surface area contributed by atoms with Crippen LogP contribution in [0.5, 0.6) is 0 Å². The van der Waals surface area contributed by atoms with Gasteiger partial charge in [0.2, 0.25) is 0 Å². The van der Waals surface area contributed by atoms with Crippen LogP contribution in [0, 0.1) is 0 Å². The van der Waals surface area contributed by atoms with Crippen molar-refractivity contribution in [1.29, 1.82) is 0 Å². The number of ether oxygens (including phenoxy) is 1. The lowest BCUT2D eigenvalue weighted by molar-refractivity contribution is -0.0557. The number of nitrogen functional groups attached to an aromatic ring is 1. The number of nitrogens with zero attached hydrogens (tertiary/aromatic N) is 4. The molecule has 11 N–H and O–H groups in total. The number of hydrogen-bond acceptors (Lipinski definition) is 10. The van der Waals surface area contributed by atoms with Crippen LogP contribution in [-0.2, 0) is 13.8 Å². The van der Waals surface area contributed by atoms with Crippen LogP contribution in [0.15, 0.2) is 12.7 Å². The van der Waals surface area contributed by atoms with E-state index in [1.807, 2.05) is 0 Å². The van der Waals surface area contributed by atoms with E-state index in [9.17, 15) is 9.67 Å². The third-order valence-electron chi connectivity index (χ3n) is 3.34. The number of aromatic nitrogens is 4. The highest BCUT2D eigenvalue weighted by atomic mass is 35.5. The first-order valence-corrected chi connectivity index (χ1v) is 8.37. The Labute approximate surface area is 146 Å². The Morgan fingerprint density at radius 1 is 1.40 bits per heavy atom. The zero-order valence-corrected chi connectivity index (χ0v) is 14.5. The van der Waals surface area contributed by atoms with Crippen molar-refractivity contribution >= 4 is 36.4 Å². The number of rotatable bonds is 4. The van der Waals surface area contributed by atoms with Crippen molar-refractivity contribution in [1.82, 2.24) is 31.8 Å². The number of fused-ring (bicyclic) bond motifs is 1. The molecule has 25 heavy (non-hydrogen) atoms. The molecule has 15 heteroatoms. The molecular weight excluding hydrogens is 381 g/mol. The van der Waals surface area contributed by atoms with E-state index in [0.29, 0.717) is 11.2 Å². The van der Waals surface area contributed by atoms with Crippen LogP contribution in [0.2, 0.25) is 0 Å². The van der Waals surface area contributed by atoms with E-state index >= 15 is 0 Å². The molecule has 0 radical (unpaired) electrons. The summed E-state index contributed by atoms with van der Waals surface area (Å²) < 4.78 is 22.8. The molecule has 0 aliphatic carbocycles. The van der Waals surface area contributed by atoms with Crippen molar-refractivity contribution in [3.63, 3.8) is 0 Å². The molecule has 1 unspecified atom stereocenters. The second-order valence-electron chi connectivity index (χ2n) is 4.89. The summed E-state index contributed by atoms with van der Waals surface area (Å²) in [7, 11) is -4.78. The molecule has 0 bridgehead atoms. The predicted octanol–water partition coefficient (Wildman–Crippen LogP) is 0.0551. The van der Waals surface area contributed by atoms with Gasteiger partial charge in [-0.15, -0.1) is 0 Å². The maximum absolute atomic E-state index is 11.1. The number of aliphatic hydroxyl groups is 1. The van der Waals surface area contributed by atoms with Gasteiger partial charge in [0.05, 0.1) is 6.33 Å². The van der Waals surface area contributed by atoms with Gasteiger partial charge < -0.3 is 37.7 Å². The van der Waals surface area contributed by atoms with Gasteiger partial charge in [-0.3, -0.25) is 9.09 Å². The van der Waals surface area contributed by atoms with Crippen molar-refractivity contribution in [2.45, 2.75) is 30.4 Å². The number of imidazole rings is 1. The number of alkyl halides is 1. The summed E-state index contributed by atoms with van der Waals surface area (Å²) in [4.78, 5) is 30.0. The Bertz CT molecular complexity index is 769. The highest BCUT2D eigenvalue weighted by molar-refractivity contribution is 7.46. The first-order chi connectivity index (χ1) is 10.8. The highest BCUT2D eigenvalue weighted by Crippen LogP contribution is 2.45. The Balaban J connectivity index is 0.00000156. The lowest BCUT2D eigenvalue weighted by Gasteiger charge is -2.20. The summed E-state index contributed by atoms with van der Waals surface area (Å²) in [6.07, 6.45) is -0.421. The molecule has 1 saturated heterocycles. The molecule has 1 aliphatic heterocycles. The normalized spacial score (nSPS) is 24.6. The van der Waals surface area contributed by atoms with E-state index in [-0.39, 0.29) is 24.5 Å². The van der Waals surface area contributed by atoms with Crippen LogP contribution in [-0.4, -0.2) is 52.2 Å². The fourth-order valence-electron chi connectivity index (χ4n) is 2.42. The quantitative estimate of drug-likeness (QED) is 0.295. The van der Waals surface area contributed by atoms with Crippen molar-refractivity contribution in [3.8, 4) is 0 Å². The lowest BCUT2D eigenvalue weighted by atomic mass is 10.2. The Kier molecular flexibility index (Phi) is 6.81. The zero-order chi connectivity index (χ0) is 16.8. The fourth-order valence-corrected chi connectivity index (χ4v) is 3.12. The number of hydrogen-bond donors (Lipinski definition) is 6. The maximum Gasteiger partial charge on any atom is 0.470 e. The van der Waals surface area contributed by atoms with Gasteiger partial charge in [0.1, 0.15) is 24.1 Å². The Morgan fingerprint density at radius 3 is 2.68 bits per heavy atom. The van der Waals surface area contributed by atoms with Crippen LogP contribution >= 0.6 is 19.4 Å². The third kappa shape index (κ3) is 4.41. The van der Waals surface area contributed by atoms with Crippen molar-refractivity contribution in [2.75, 3.05) is 5.73 Å². The van der Waals surface area contributed by atoms with Gasteiger partial charge in [0.25, 0.3) is 0 Å². The van der Waals surface area contributed by atoms with Crippen molar-refractivity contribution in [2.24, 2.45) is 0 Å². The van der Waals surface area contributed by atoms with Gasteiger partial charge in [-0.1, -0.05) is 11.6 Å². The first-order valence-electron chi connectivity index (χ1n) is 6.41. The molecule has 2 aromatic heterocycles. The summed E-state index contributed by atoms with van der Waals surface area (Å²) in [6.45, 7) is 0. The van der Waals surface area contributed by atoms with Crippen LogP contribution in [0.25, 0.3) is 11.2 Å². The van der Waals surface area contributed by atoms with Gasteiger partial charge in [-0.25, -0.2) is 19.5 Å². The zero-order valence-electron chi connectivity index (χ0n) is 12.8. The smallest absolute Gasteiger partial charge is 0.382 e. The van der Waals surface area contributed by atoms with Gasteiger partial charge in [0, 0.05) is 6.42 Å².